The largest absolute Gasteiger partial charge is 0.378 e. The topological polar surface area (TPSA) is 149 Å². The fraction of sp³-hybridized carbons (Fsp3) is 0.366. The molecule has 14 nitrogen and oxygen atoms in total. The Morgan fingerprint density at radius 3 is 2.40 bits per heavy atom. The van der Waals surface area contributed by atoms with E-state index in [1.165, 1.54) is 29.7 Å². The smallest absolute Gasteiger partial charge is 0.293 e. The number of rotatable bonds is 16. The summed E-state index contributed by atoms with van der Waals surface area (Å²) < 4.78 is 35.6. The summed E-state index contributed by atoms with van der Waals surface area (Å²) in [5, 5.41) is 16.2. The van der Waals surface area contributed by atoms with Gasteiger partial charge in [0.25, 0.3) is 15.7 Å². The highest BCUT2D eigenvalue weighted by Crippen LogP contribution is 2.32. The second-order valence-corrected chi connectivity index (χ2v) is 17.3. The highest BCUT2D eigenvalue weighted by Gasteiger charge is 2.25. The van der Waals surface area contributed by atoms with E-state index in [9.17, 15) is 18.5 Å². The zero-order chi connectivity index (χ0) is 39.8. The molecule has 1 aromatic heterocycles. The average Bonchev–Trinajstić information content (AvgIpc) is 3.22. The summed E-state index contributed by atoms with van der Waals surface area (Å²) in [4.78, 5) is 30.6. The number of piperazine rings is 1. The summed E-state index contributed by atoms with van der Waals surface area (Å²) in [5.41, 5.74) is 4.12. The van der Waals surface area contributed by atoms with E-state index in [0.29, 0.717) is 16.7 Å². The lowest BCUT2D eigenvalue weighted by atomic mass is 10.1. The van der Waals surface area contributed by atoms with Gasteiger partial charge in [-0.2, -0.15) is 0 Å². The first-order valence-electron chi connectivity index (χ1n) is 19.2. The van der Waals surface area contributed by atoms with E-state index >= 15 is 0 Å². The van der Waals surface area contributed by atoms with Crippen LogP contribution in [0.5, 0.6) is 0 Å². The van der Waals surface area contributed by atoms with E-state index in [0.717, 1.165) is 88.6 Å². The summed E-state index contributed by atoms with van der Waals surface area (Å²) >= 11 is 1.66. The first kappa shape index (κ1) is 40.2. The van der Waals surface area contributed by atoms with Crippen LogP contribution in [-0.2, 0) is 21.3 Å². The van der Waals surface area contributed by atoms with Gasteiger partial charge < -0.3 is 24.8 Å². The van der Waals surface area contributed by atoms with Gasteiger partial charge in [0, 0.05) is 85.3 Å². The van der Waals surface area contributed by atoms with Gasteiger partial charge in [0.15, 0.2) is 5.82 Å². The number of nitro groups is 1. The fourth-order valence-electron chi connectivity index (χ4n) is 7.17. The summed E-state index contributed by atoms with van der Waals surface area (Å²) in [6, 6.07) is 28.2. The zero-order valence-electron chi connectivity index (χ0n) is 32.3. The molecule has 0 spiro atoms. The lowest BCUT2D eigenvalue weighted by molar-refractivity contribution is -0.384. The molecule has 0 aliphatic carbocycles. The molecule has 2 aliphatic rings. The Kier molecular flexibility index (Phi) is 13.1. The molecule has 2 aliphatic heterocycles. The Morgan fingerprint density at radius 1 is 0.895 bits per heavy atom. The Bertz CT molecular complexity index is 2250. The maximum absolute atomic E-state index is 13.7. The van der Waals surface area contributed by atoms with Crippen LogP contribution in [0.2, 0.25) is 0 Å². The van der Waals surface area contributed by atoms with Crippen LogP contribution >= 0.6 is 11.8 Å². The number of para-hydroxylation sites is 1. The van der Waals surface area contributed by atoms with Gasteiger partial charge in [-0.05, 0) is 81.2 Å². The first-order chi connectivity index (χ1) is 27.6. The number of thioether (sulfide) groups is 1. The molecular weight excluding hydrogens is 763 g/mol. The normalized spacial score (nSPS) is 15.8. The molecule has 3 heterocycles. The lowest BCUT2D eigenvalue weighted by Gasteiger charge is -2.37. The van der Waals surface area contributed by atoms with E-state index in [-0.39, 0.29) is 28.1 Å². The van der Waals surface area contributed by atoms with Crippen LogP contribution in [0.1, 0.15) is 12.0 Å². The van der Waals surface area contributed by atoms with Gasteiger partial charge in [-0.25, -0.2) is 18.4 Å². The predicted molar refractivity (Wildman–Crippen MR) is 228 cm³/mol. The lowest BCUT2D eigenvalue weighted by Crippen LogP contribution is -2.46. The molecule has 1 atom stereocenters. The van der Waals surface area contributed by atoms with Crippen molar-refractivity contribution >= 4 is 61.3 Å². The molecule has 7 rings (SSSR count). The van der Waals surface area contributed by atoms with Crippen molar-refractivity contribution in [1.29, 1.82) is 0 Å². The van der Waals surface area contributed by atoms with Gasteiger partial charge in [-0.15, -0.1) is 11.8 Å². The highest BCUT2D eigenvalue weighted by atomic mass is 32.2. The third-order valence-electron chi connectivity index (χ3n) is 10.3. The number of sulfonamides is 1. The van der Waals surface area contributed by atoms with Crippen molar-refractivity contribution in [2.24, 2.45) is 0 Å². The van der Waals surface area contributed by atoms with Gasteiger partial charge in [0.1, 0.15) is 12.0 Å². The van der Waals surface area contributed by atoms with Crippen LogP contribution in [-0.4, -0.2) is 118 Å². The molecule has 2 saturated heterocycles. The zero-order valence-corrected chi connectivity index (χ0v) is 33.9. The SMILES string of the molecule is CN(C)CCC(CSc1ccccc1)Nc1ccc(S(=O)(=O)Nc2ncnc3cc(N4CCN(Cc5ccccc5N5CCOCC5)CC4)ccc23)cc1[N+](=O)[O-]. The number of nitro benzene ring substituents is 1. The standard InChI is InChI=1S/C41H49N9O5S2/c1-46(2)17-16-32(29-56-34-9-4-3-5-10-34)44-37-15-13-35(27-40(37)50(51)52)57(53,54)45-41-36-14-12-33(26-38(36)42-30-43-41)48-20-18-47(19-21-48)28-31-8-6-7-11-39(31)49-22-24-55-25-23-49/h3-15,26-27,30,32,44H,16-25,28-29H2,1-2H3,(H,42,43,45). The third kappa shape index (κ3) is 10.3. The summed E-state index contributed by atoms with van der Waals surface area (Å²) in [5.74, 6) is 0.766. The minimum atomic E-state index is -4.26. The minimum Gasteiger partial charge on any atom is -0.378 e. The maximum Gasteiger partial charge on any atom is 0.293 e. The maximum atomic E-state index is 13.7. The van der Waals surface area contributed by atoms with E-state index in [1.54, 1.807) is 11.8 Å². The van der Waals surface area contributed by atoms with Crippen molar-refractivity contribution in [1.82, 2.24) is 19.8 Å². The van der Waals surface area contributed by atoms with E-state index in [4.69, 9.17) is 4.74 Å². The Labute approximate surface area is 338 Å². The number of anilines is 4. The van der Waals surface area contributed by atoms with Crippen molar-refractivity contribution in [2.75, 3.05) is 98.7 Å². The van der Waals surface area contributed by atoms with E-state index in [2.05, 4.69) is 63.9 Å². The molecule has 57 heavy (non-hydrogen) atoms. The van der Waals surface area contributed by atoms with Gasteiger partial charge in [-0.3, -0.25) is 19.7 Å². The van der Waals surface area contributed by atoms with E-state index in [1.807, 2.05) is 62.6 Å². The Morgan fingerprint density at radius 2 is 1.65 bits per heavy atom. The van der Waals surface area contributed by atoms with Gasteiger partial charge in [0.05, 0.1) is 28.5 Å². The first-order valence-corrected chi connectivity index (χ1v) is 21.6. The second-order valence-electron chi connectivity index (χ2n) is 14.5. The highest BCUT2D eigenvalue weighted by molar-refractivity contribution is 7.99. The molecule has 0 radical (unpaired) electrons. The van der Waals surface area contributed by atoms with Crippen LogP contribution < -0.4 is 19.8 Å². The number of fused-ring (bicyclic) bond motifs is 1. The van der Waals surface area contributed by atoms with Crippen LogP contribution in [0.15, 0.2) is 107 Å². The molecule has 1 unspecified atom stereocenters. The van der Waals surface area contributed by atoms with Gasteiger partial charge in [-0.1, -0.05) is 36.4 Å². The molecule has 300 valence electrons. The van der Waals surface area contributed by atoms with Crippen molar-refractivity contribution < 1.29 is 18.1 Å². The number of benzene rings is 4. The van der Waals surface area contributed by atoms with Gasteiger partial charge in [0.2, 0.25) is 0 Å². The van der Waals surface area contributed by atoms with Crippen LogP contribution in [0, 0.1) is 10.1 Å². The number of nitrogens with one attached hydrogen (secondary N) is 2. The van der Waals surface area contributed by atoms with Crippen molar-refractivity contribution in [3.8, 4) is 0 Å². The quantitative estimate of drug-likeness (QED) is 0.0680. The molecule has 0 bridgehead atoms. The molecule has 4 aromatic carbocycles. The summed E-state index contributed by atoms with van der Waals surface area (Å²) in [6.07, 6.45) is 2.06. The number of nitrogens with zero attached hydrogens (tertiary/aromatic N) is 7. The minimum absolute atomic E-state index is 0.0989. The average molecular weight is 812 g/mol. The number of ether oxygens (including phenoxy) is 1. The van der Waals surface area contributed by atoms with E-state index < -0.39 is 14.9 Å². The summed E-state index contributed by atoms with van der Waals surface area (Å²) in [6.45, 7) is 8.42. The molecule has 0 amide bonds. The summed E-state index contributed by atoms with van der Waals surface area (Å²) in [7, 11) is -0.297. The molecular formula is C41H49N9O5S2. The fourth-order valence-corrected chi connectivity index (χ4v) is 9.21. The predicted octanol–water partition coefficient (Wildman–Crippen LogP) is 6.02. The van der Waals surface area contributed by atoms with Crippen molar-refractivity contribution in [2.45, 2.75) is 28.8 Å². The number of hydrogen-bond donors (Lipinski definition) is 2. The Balaban J connectivity index is 1.02. The molecule has 5 aromatic rings. The molecule has 16 heteroatoms. The molecule has 0 saturated carbocycles. The number of aromatic nitrogens is 2. The molecule has 2 N–H and O–H groups in total. The second kappa shape index (κ2) is 18.5. The number of hydrogen-bond acceptors (Lipinski definition) is 13. The van der Waals surface area contributed by atoms with Crippen LogP contribution in [0.25, 0.3) is 10.9 Å². The van der Waals surface area contributed by atoms with Crippen molar-refractivity contribution in [3.63, 3.8) is 0 Å². The monoisotopic (exact) mass is 811 g/mol. The van der Waals surface area contributed by atoms with Crippen molar-refractivity contribution in [3.05, 3.63) is 113 Å². The third-order valence-corrected chi connectivity index (χ3v) is 12.8. The van der Waals surface area contributed by atoms with Crippen LogP contribution in [0.3, 0.4) is 0 Å². The number of morpholine rings is 1. The van der Waals surface area contributed by atoms with Crippen LogP contribution in [0.4, 0.5) is 28.6 Å². The van der Waals surface area contributed by atoms with Gasteiger partial charge >= 0.3 is 0 Å². The Hall–Kier alpha value is -5.00. The molecule has 2 fully saturated rings.